The van der Waals surface area contributed by atoms with Crippen LogP contribution in [0.4, 0.5) is 0 Å². The van der Waals surface area contributed by atoms with Crippen LogP contribution < -0.4 is 5.32 Å². The van der Waals surface area contributed by atoms with Crippen molar-refractivity contribution in [1.82, 2.24) is 10.2 Å². The molecule has 0 amide bonds. The largest absolute Gasteiger partial charge is 0.308 e. The van der Waals surface area contributed by atoms with Crippen molar-refractivity contribution in [2.45, 2.75) is 83.3 Å². The molecule has 2 heteroatoms. The number of rotatable bonds is 3. The normalized spacial score (nSPS) is 45.3. The minimum absolute atomic E-state index is 0.409. The zero-order valence-corrected chi connectivity index (χ0v) is 13.1. The number of nitrogens with zero attached hydrogens (tertiary/aromatic N) is 1. The molecule has 2 aliphatic carbocycles. The Morgan fingerprint density at radius 1 is 1.21 bits per heavy atom. The van der Waals surface area contributed by atoms with Crippen LogP contribution in [0.15, 0.2) is 0 Å². The van der Waals surface area contributed by atoms with Gasteiger partial charge in [0, 0.05) is 30.7 Å². The van der Waals surface area contributed by atoms with E-state index in [-0.39, 0.29) is 0 Å². The third kappa shape index (κ3) is 2.85. The number of piperazine rings is 1. The van der Waals surface area contributed by atoms with E-state index >= 15 is 0 Å². The standard InChI is InChI=1S/C17H32N2/c1-4-15-11-18-17(3,14-8-9-14)12-19(15)16-7-5-6-13(2)10-16/h13-16,18H,4-12H2,1-3H3. The third-order valence-corrected chi connectivity index (χ3v) is 6.05. The first-order valence-corrected chi connectivity index (χ1v) is 8.63. The smallest absolute Gasteiger partial charge is 0.0309 e. The Bertz CT molecular complexity index is 312. The average molecular weight is 264 g/mol. The van der Waals surface area contributed by atoms with E-state index in [1.165, 1.54) is 58.0 Å². The molecule has 3 rings (SSSR count). The highest BCUT2D eigenvalue weighted by molar-refractivity contribution is 5.05. The molecule has 0 aromatic rings. The first-order chi connectivity index (χ1) is 9.12. The maximum atomic E-state index is 3.90. The Labute approximate surface area is 119 Å². The lowest BCUT2D eigenvalue weighted by atomic mass is 9.82. The number of nitrogens with one attached hydrogen (secondary N) is 1. The molecule has 3 fully saturated rings. The van der Waals surface area contributed by atoms with Crippen LogP contribution in [0, 0.1) is 11.8 Å². The molecule has 1 aliphatic heterocycles. The lowest BCUT2D eigenvalue weighted by Crippen LogP contribution is -2.66. The number of hydrogen-bond acceptors (Lipinski definition) is 2. The monoisotopic (exact) mass is 264 g/mol. The van der Waals surface area contributed by atoms with E-state index in [0.29, 0.717) is 5.54 Å². The Balaban J connectivity index is 1.71. The molecule has 0 bridgehead atoms. The summed E-state index contributed by atoms with van der Waals surface area (Å²) in [5.74, 6) is 1.90. The van der Waals surface area contributed by atoms with Crippen molar-refractivity contribution < 1.29 is 0 Å². The minimum atomic E-state index is 0.409. The Kier molecular flexibility index (Phi) is 3.92. The van der Waals surface area contributed by atoms with Crippen LogP contribution in [0.1, 0.15) is 65.7 Å². The van der Waals surface area contributed by atoms with Gasteiger partial charge in [0.25, 0.3) is 0 Å². The molecule has 1 heterocycles. The molecule has 0 radical (unpaired) electrons. The zero-order valence-electron chi connectivity index (χ0n) is 13.1. The van der Waals surface area contributed by atoms with Crippen molar-refractivity contribution in [2.24, 2.45) is 11.8 Å². The second-order valence-corrected chi connectivity index (χ2v) is 7.73. The fourth-order valence-corrected chi connectivity index (χ4v) is 4.54. The first-order valence-electron chi connectivity index (χ1n) is 8.63. The fraction of sp³-hybridized carbons (Fsp3) is 1.00. The quantitative estimate of drug-likeness (QED) is 0.840. The predicted octanol–water partition coefficient (Wildman–Crippen LogP) is 3.42. The highest BCUT2D eigenvalue weighted by atomic mass is 15.3. The van der Waals surface area contributed by atoms with Crippen molar-refractivity contribution >= 4 is 0 Å². The van der Waals surface area contributed by atoms with E-state index in [9.17, 15) is 0 Å². The Morgan fingerprint density at radius 2 is 2.00 bits per heavy atom. The molecule has 1 N–H and O–H groups in total. The van der Waals surface area contributed by atoms with Crippen molar-refractivity contribution in [3.05, 3.63) is 0 Å². The van der Waals surface area contributed by atoms with E-state index in [0.717, 1.165) is 23.9 Å². The third-order valence-electron chi connectivity index (χ3n) is 6.05. The van der Waals surface area contributed by atoms with Crippen molar-refractivity contribution in [1.29, 1.82) is 0 Å². The van der Waals surface area contributed by atoms with Gasteiger partial charge in [-0.3, -0.25) is 4.90 Å². The lowest BCUT2D eigenvalue weighted by molar-refractivity contribution is 0.0157. The van der Waals surface area contributed by atoms with Crippen LogP contribution in [0.5, 0.6) is 0 Å². The molecular formula is C17H32N2. The molecule has 0 aromatic heterocycles. The molecule has 1 saturated heterocycles. The molecule has 2 saturated carbocycles. The van der Waals surface area contributed by atoms with Gasteiger partial charge in [-0.15, -0.1) is 0 Å². The van der Waals surface area contributed by atoms with E-state index < -0.39 is 0 Å². The van der Waals surface area contributed by atoms with Gasteiger partial charge in [-0.05, 0) is 50.9 Å². The summed E-state index contributed by atoms with van der Waals surface area (Å²) >= 11 is 0. The van der Waals surface area contributed by atoms with E-state index in [2.05, 4.69) is 31.0 Å². The SMILES string of the molecule is CCC1CNC(C)(C2CC2)CN1C1CCCC(C)C1. The summed E-state index contributed by atoms with van der Waals surface area (Å²) in [5.41, 5.74) is 0.409. The average Bonchev–Trinajstić information content (AvgIpc) is 3.23. The number of hydrogen-bond donors (Lipinski definition) is 1. The molecule has 4 atom stereocenters. The van der Waals surface area contributed by atoms with Crippen LogP contribution in [0.25, 0.3) is 0 Å². The van der Waals surface area contributed by atoms with Crippen LogP contribution in [-0.4, -0.2) is 35.6 Å². The summed E-state index contributed by atoms with van der Waals surface area (Å²) in [6, 6.07) is 1.65. The van der Waals surface area contributed by atoms with E-state index in [1.54, 1.807) is 0 Å². The second-order valence-electron chi connectivity index (χ2n) is 7.73. The van der Waals surface area contributed by atoms with Crippen molar-refractivity contribution in [2.75, 3.05) is 13.1 Å². The Morgan fingerprint density at radius 3 is 2.63 bits per heavy atom. The van der Waals surface area contributed by atoms with Gasteiger partial charge >= 0.3 is 0 Å². The summed E-state index contributed by atoms with van der Waals surface area (Å²) in [5, 5.41) is 3.90. The van der Waals surface area contributed by atoms with Gasteiger partial charge in [-0.2, -0.15) is 0 Å². The highest BCUT2D eigenvalue weighted by Gasteiger charge is 2.47. The van der Waals surface area contributed by atoms with Gasteiger partial charge in [-0.1, -0.05) is 26.7 Å². The maximum absolute atomic E-state index is 3.90. The first kappa shape index (κ1) is 13.9. The summed E-state index contributed by atoms with van der Waals surface area (Å²) in [7, 11) is 0. The van der Waals surface area contributed by atoms with Crippen molar-refractivity contribution in [3.8, 4) is 0 Å². The molecular weight excluding hydrogens is 232 g/mol. The maximum Gasteiger partial charge on any atom is 0.0309 e. The zero-order chi connectivity index (χ0) is 13.5. The van der Waals surface area contributed by atoms with Crippen molar-refractivity contribution in [3.63, 3.8) is 0 Å². The van der Waals surface area contributed by atoms with E-state index in [4.69, 9.17) is 0 Å². The van der Waals surface area contributed by atoms with Gasteiger partial charge in [0.05, 0.1) is 0 Å². The molecule has 3 aliphatic rings. The van der Waals surface area contributed by atoms with E-state index in [1.807, 2.05) is 0 Å². The molecule has 110 valence electrons. The molecule has 2 nitrogen and oxygen atoms in total. The molecule has 19 heavy (non-hydrogen) atoms. The predicted molar refractivity (Wildman–Crippen MR) is 81.3 cm³/mol. The topological polar surface area (TPSA) is 15.3 Å². The lowest BCUT2D eigenvalue weighted by Gasteiger charge is -2.51. The van der Waals surface area contributed by atoms with Gasteiger partial charge in [0.15, 0.2) is 0 Å². The highest BCUT2D eigenvalue weighted by Crippen LogP contribution is 2.42. The second kappa shape index (κ2) is 5.37. The summed E-state index contributed by atoms with van der Waals surface area (Å²) in [6.45, 7) is 9.82. The summed E-state index contributed by atoms with van der Waals surface area (Å²) in [6.07, 6.45) is 10.0. The summed E-state index contributed by atoms with van der Waals surface area (Å²) < 4.78 is 0. The van der Waals surface area contributed by atoms with Crippen LogP contribution in [-0.2, 0) is 0 Å². The van der Waals surface area contributed by atoms with Crippen LogP contribution in [0.2, 0.25) is 0 Å². The van der Waals surface area contributed by atoms with Gasteiger partial charge in [0.2, 0.25) is 0 Å². The van der Waals surface area contributed by atoms with Gasteiger partial charge in [-0.25, -0.2) is 0 Å². The fourth-order valence-electron chi connectivity index (χ4n) is 4.54. The molecule has 4 unspecified atom stereocenters. The van der Waals surface area contributed by atoms with Gasteiger partial charge in [0.1, 0.15) is 0 Å². The van der Waals surface area contributed by atoms with Crippen LogP contribution >= 0.6 is 0 Å². The van der Waals surface area contributed by atoms with Crippen LogP contribution in [0.3, 0.4) is 0 Å². The summed E-state index contributed by atoms with van der Waals surface area (Å²) in [4.78, 5) is 2.91. The van der Waals surface area contributed by atoms with Gasteiger partial charge < -0.3 is 5.32 Å². The minimum Gasteiger partial charge on any atom is -0.308 e. The molecule has 0 aromatic carbocycles. The molecule has 0 spiro atoms. The Hall–Kier alpha value is -0.0800.